The van der Waals surface area contributed by atoms with Gasteiger partial charge in [-0.15, -0.1) is 34.9 Å². The molecule has 1 rings (SSSR count). The summed E-state index contributed by atoms with van der Waals surface area (Å²) in [6, 6.07) is 3.76. The Morgan fingerprint density at radius 3 is 2.93 bits per heavy atom. The summed E-state index contributed by atoms with van der Waals surface area (Å²) >= 11 is 4.83. The van der Waals surface area contributed by atoms with Crippen molar-refractivity contribution >= 4 is 40.6 Å². The van der Waals surface area contributed by atoms with Crippen molar-refractivity contribution in [1.82, 2.24) is 0 Å². The number of thiophene rings is 1. The van der Waals surface area contributed by atoms with Crippen molar-refractivity contribution in [2.45, 2.75) is 6.92 Å². The Bertz CT molecular complexity index is 314. The predicted octanol–water partition coefficient (Wildman–Crippen LogP) is 3.89. The third kappa shape index (κ3) is 3.52. The molecule has 0 amide bonds. The van der Waals surface area contributed by atoms with Gasteiger partial charge < -0.3 is 0 Å². The van der Waals surface area contributed by atoms with E-state index in [1.807, 2.05) is 23.8 Å². The molecule has 0 bridgehead atoms. The van der Waals surface area contributed by atoms with Crippen molar-refractivity contribution in [3.63, 3.8) is 0 Å². The highest BCUT2D eigenvalue weighted by molar-refractivity contribution is 8.22. The summed E-state index contributed by atoms with van der Waals surface area (Å²) in [5.41, 5.74) is 0. The third-order valence-electron chi connectivity index (χ3n) is 1.50. The molecule has 0 saturated carbocycles. The van der Waals surface area contributed by atoms with Gasteiger partial charge in [-0.25, -0.2) is 0 Å². The molecule has 1 nitrogen and oxygen atoms in total. The molecule has 0 aliphatic rings. The Hall–Kier alpha value is -0.190. The van der Waals surface area contributed by atoms with Crippen molar-refractivity contribution in [3.05, 3.63) is 32.7 Å². The van der Waals surface area contributed by atoms with Crippen molar-refractivity contribution in [3.8, 4) is 0 Å². The molecule has 0 aliphatic heterocycles. The molecule has 0 aliphatic carbocycles. The Morgan fingerprint density at radius 1 is 1.64 bits per heavy atom. The lowest BCUT2D eigenvalue weighted by atomic mass is 10.3. The van der Waals surface area contributed by atoms with Gasteiger partial charge in [0.25, 0.3) is 0 Å². The molecule has 0 unspecified atom stereocenters. The lowest BCUT2D eigenvalue weighted by molar-refractivity contribution is 0.105. The molecule has 0 saturated heterocycles. The van der Waals surface area contributed by atoms with E-state index >= 15 is 0 Å². The molecule has 0 atom stereocenters. The minimum absolute atomic E-state index is 0.116. The van der Waals surface area contributed by atoms with Gasteiger partial charge in [0.15, 0.2) is 5.78 Å². The first kappa shape index (κ1) is 11.9. The largest absolute Gasteiger partial charge is 0.288 e. The van der Waals surface area contributed by atoms with Crippen LogP contribution >= 0.6 is 34.9 Å². The normalized spacial score (nSPS) is 11.7. The maximum absolute atomic E-state index is 11.7. The van der Waals surface area contributed by atoms with E-state index in [0.29, 0.717) is 0 Å². The molecule has 14 heavy (non-hydrogen) atoms. The summed E-state index contributed by atoms with van der Waals surface area (Å²) in [5, 5.41) is 1.92. The molecule has 0 aromatic carbocycles. The number of carbonyl (C=O) groups is 1. The summed E-state index contributed by atoms with van der Waals surface area (Å²) in [6.07, 6.45) is 3.72. The van der Waals surface area contributed by atoms with E-state index in [1.54, 1.807) is 29.6 Å². The third-order valence-corrected chi connectivity index (χ3v) is 4.45. The van der Waals surface area contributed by atoms with Crippen molar-refractivity contribution in [2.24, 2.45) is 0 Å². The Balaban J connectivity index is 2.70. The van der Waals surface area contributed by atoms with Crippen LogP contribution in [-0.4, -0.2) is 17.8 Å². The summed E-state index contributed by atoms with van der Waals surface area (Å²) in [7, 11) is 0. The summed E-state index contributed by atoms with van der Waals surface area (Å²) < 4.78 is 1.09. The molecule has 76 valence electrons. The van der Waals surface area contributed by atoms with Crippen LogP contribution in [0.15, 0.2) is 27.8 Å². The number of allylic oxidation sites excluding steroid dienone is 1. The highest BCUT2D eigenvalue weighted by atomic mass is 32.2. The van der Waals surface area contributed by atoms with E-state index in [1.165, 1.54) is 11.3 Å². The first-order valence-corrected chi connectivity index (χ1v) is 7.33. The second kappa shape index (κ2) is 6.32. The average molecular weight is 244 g/mol. The maximum atomic E-state index is 11.7. The molecule has 4 heteroatoms. The zero-order valence-corrected chi connectivity index (χ0v) is 10.6. The fourth-order valence-corrected chi connectivity index (χ4v) is 3.06. The molecule has 1 aromatic heterocycles. The van der Waals surface area contributed by atoms with E-state index < -0.39 is 0 Å². The minimum Gasteiger partial charge on any atom is -0.288 e. The van der Waals surface area contributed by atoms with Gasteiger partial charge in [-0.05, 0) is 23.5 Å². The number of hydrogen-bond acceptors (Lipinski definition) is 4. The van der Waals surface area contributed by atoms with Gasteiger partial charge >= 0.3 is 0 Å². The monoisotopic (exact) mass is 244 g/mol. The van der Waals surface area contributed by atoms with Crippen molar-refractivity contribution < 1.29 is 4.79 Å². The average Bonchev–Trinajstić information content (AvgIpc) is 2.69. The smallest absolute Gasteiger partial charge is 0.197 e. The van der Waals surface area contributed by atoms with Crippen LogP contribution in [0, 0.1) is 0 Å². The van der Waals surface area contributed by atoms with Gasteiger partial charge in [0.05, 0.1) is 4.88 Å². The second-order valence-corrected chi connectivity index (χ2v) is 5.80. The first-order valence-electron chi connectivity index (χ1n) is 4.24. The number of carbonyl (C=O) groups excluding carboxylic acids is 1. The van der Waals surface area contributed by atoms with Gasteiger partial charge in [-0.1, -0.05) is 13.0 Å². The molecular formula is C10H12OS3. The maximum Gasteiger partial charge on any atom is 0.197 e. The fourth-order valence-electron chi connectivity index (χ4n) is 0.899. The Kier molecular flexibility index (Phi) is 5.37. The first-order chi connectivity index (χ1) is 6.77. The topological polar surface area (TPSA) is 17.1 Å². The van der Waals surface area contributed by atoms with E-state index in [2.05, 4.69) is 6.92 Å². The zero-order chi connectivity index (χ0) is 10.4. The zero-order valence-electron chi connectivity index (χ0n) is 8.15. The molecule has 0 fully saturated rings. The van der Waals surface area contributed by atoms with Gasteiger partial charge in [0, 0.05) is 10.3 Å². The predicted molar refractivity (Wildman–Crippen MR) is 68.4 cm³/mol. The fraction of sp³-hybridized carbons (Fsp3) is 0.300. The number of ketones is 1. The molecule has 1 heterocycles. The minimum atomic E-state index is 0.116. The lowest BCUT2D eigenvalue weighted by Crippen LogP contribution is -1.90. The number of hydrogen-bond donors (Lipinski definition) is 0. The number of rotatable bonds is 5. The van der Waals surface area contributed by atoms with E-state index in [0.717, 1.165) is 14.9 Å². The van der Waals surface area contributed by atoms with Crippen LogP contribution in [0.5, 0.6) is 0 Å². The summed E-state index contributed by atoms with van der Waals surface area (Å²) in [5.74, 6) is 1.12. The van der Waals surface area contributed by atoms with Crippen LogP contribution in [0.1, 0.15) is 16.6 Å². The van der Waals surface area contributed by atoms with Crippen molar-refractivity contribution in [2.75, 3.05) is 12.0 Å². The van der Waals surface area contributed by atoms with Crippen LogP contribution in [0.3, 0.4) is 0 Å². The van der Waals surface area contributed by atoms with E-state index in [9.17, 15) is 4.79 Å². The van der Waals surface area contributed by atoms with Crippen LogP contribution in [0.2, 0.25) is 0 Å². The lowest BCUT2D eigenvalue weighted by Gasteiger charge is -1.99. The Morgan fingerprint density at radius 2 is 2.43 bits per heavy atom. The van der Waals surface area contributed by atoms with Gasteiger partial charge in [-0.2, -0.15) is 0 Å². The van der Waals surface area contributed by atoms with Crippen LogP contribution in [-0.2, 0) is 0 Å². The van der Waals surface area contributed by atoms with E-state index in [4.69, 9.17) is 0 Å². The van der Waals surface area contributed by atoms with Crippen LogP contribution < -0.4 is 0 Å². The van der Waals surface area contributed by atoms with Crippen LogP contribution in [0.4, 0.5) is 0 Å². The summed E-state index contributed by atoms with van der Waals surface area (Å²) in [6.45, 7) is 2.09. The summed E-state index contributed by atoms with van der Waals surface area (Å²) in [4.78, 5) is 12.5. The number of thioether (sulfide) groups is 2. The standard InChI is InChI=1S/C10H12OS3/c1-3-13-10(12-2)7-8(11)9-5-4-6-14-9/h4-7H,3H2,1-2H3/b10-7+. The van der Waals surface area contributed by atoms with Crippen molar-refractivity contribution in [1.29, 1.82) is 0 Å². The molecule has 0 spiro atoms. The van der Waals surface area contributed by atoms with Crippen LogP contribution in [0.25, 0.3) is 0 Å². The highest BCUT2D eigenvalue weighted by Gasteiger charge is 2.05. The van der Waals surface area contributed by atoms with Gasteiger partial charge in [0.1, 0.15) is 0 Å². The molecule has 1 aromatic rings. The Labute approximate surface area is 97.0 Å². The van der Waals surface area contributed by atoms with E-state index in [-0.39, 0.29) is 5.78 Å². The van der Waals surface area contributed by atoms with Gasteiger partial charge in [0.2, 0.25) is 0 Å². The highest BCUT2D eigenvalue weighted by Crippen LogP contribution is 2.26. The molecule has 0 N–H and O–H groups in total. The second-order valence-electron chi connectivity index (χ2n) is 2.44. The molecular weight excluding hydrogens is 232 g/mol. The SMILES string of the molecule is CCS/C(=C/C(=O)c1cccs1)SC. The quantitative estimate of drug-likeness (QED) is 0.578. The molecule has 0 radical (unpaired) electrons. The van der Waals surface area contributed by atoms with Gasteiger partial charge in [-0.3, -0.25) is 4.79 Å².